The number of aliphatic hydroxyl groups is 1. The zero-order valence-corrected chi connectivity index (χ0v) is 6.42. The second kappa shape index (κ2) is 3.94. The van der Waals surface area contributed by atoms with Gasteiger partial charge in [-0.3, -0.25) is 0 Å². The Morgan fingerprint density at radius 3 is 2.30 bits per heavy atom. The summed E-state index contributed by atoms with van der Waals surface area (Å²) in [6.45, 7) is 0. The van der Waals surface area contributed by atoms with E-state index in [9.17, 15) is 5.11 Å². The van der Waals surface area contributed by atoms with Crippen LogP contribution < -0.4 is 5.73 Å². The van der Waals surface area contributed by atoms with Crippen molar-refractivity contribution in [2.24, 2.45) is 5.73 Å². The van der Waals surface area contributed by atoms with Gasteiger partial charge in [0.05, 0.1) is 6.10 Å². The fourth-order valence-electron chi connectivity index (χ4n) is 1.49. The van der Waals surface area contributed by atoms with Crippen LogP contribution in [0.15, 0.2) is 0 Å². The van der Waals surface area contributed by atoms with Gasteiger partial charge in [0.15, 0.2) is 0 Å². The first-order valence-corrected chi connectivity index (χ1v) is 4.24. The van der Waals surface area contributed by atoms with E-state index in [1.807, 2.05) is 0 Å². The van der Waals surface area contributed by atoms with Gasteiger partial charge >= 0.3 is 0 Å². The average molecular weight is 143 g/mol. The van der Waals surface area contributed by atoms with E-state index in [0.29, 0.717) is 0 Å². The quantitative estimate of drug-likeness (QED) is 0.532. The predicted molar refractivity (Wildman–Crippen MR) is 41.7 cm³/mol. The smallest absolute Gasteiger partial charge is 0.0691 e. The van der Waals surface area contributed by atoms with Crippen LogP contribution in [0.1, 0.15) is 38.5 Å². The van der Waals surface area contributed by atoms with Gasteiger partial charge in [-0.25, -0.2) is 0 Å². The molecule has 1 rings (SSSR count). The number of nitrogens with two attached hydrogens (primary N) is 1. The van der Waals surface area contributed by atoms with Crippen molar-refractivity contribution in [2.45, 2.75) is 50.7 Å². The highest BCUT2D eigenvalue weighted by atomic mass is 16.3. The molecular formula is C8H17NO. The number of hydrogen-bond donors (Lipinski definition) is 2. The van der Waals surface area contributed by atoms with Crippen LogP contribution in [0.3, 0.4) is 0 Å². The van der Waals surface area contributed by atoms with E-state index in [-0.39, 0.29) is 12.1 Å². The van der Waals surface area contributed by atoms with Crippen molar-refractivity contribution in [3.8, 4) is 0 Å². The molecule has 3 N–H and O–H groups in total. The molecule has 0 heterocycles. The highest BCUT2D eigenvalue weighted by molar-refractivity contribution is 4.73. The Morgan fingerprint density at radius 1 is 1.00 bits per heavy atom. The van der Waals surface area contributed by atoms with E-state index in [1.165, 1.54) is 19.3 Å². The molecule has 0 unspecified atom stereocenters. The molecule has 0 radical (unpaired) electrons. The van der Waals surface area contributed by atoms with Crippen LogP contribution in [0.2, 0.25) is 0 Å². The van der Waals surface area contributed by atoms with Gasteiger partial charge in [0.2, 0.25) is 0 Å². The fourth-order valence-corrected chi connectivity index (χ4v) is 1.49. The highest BCUT2D eigenvalue weighted by Gasteiger charge is 2.15. The lowest BCUT2D eigenvalue weighted by Gasteiger charge is -2.21. The SMILES string of the molecule is N[C@H]1CCCCCC[C@@H]1O. The van der Waals surface area contributed by atoms with E-state index in [0.717, 1.165) is 19.3 Å². The molecule has 0 aromatic carbocycles. The molecule has 0 aromatic heterocycles. The Hall–Kier alpha value is -0.0800. The molecule has 0 aromatic rings. The Labute approximate surface area is 62.4 Å². The van der Waals surface area contributed by atoms with Gasteiger partial charge in [-0.05, 0) is 12.8 Å². The van der Waals surface area contributed by atoms with E-state index in [4.69, 9.17) is 5.73 Å². The van der Waals surface area contributed by atoms with E-state index in [1.54, 1.807) is 0 Å². The zero-order chi connectivity index (χ0) is 7.40. The molecule has 0 spiro atoms. The summed E-state index contributed by atoms with van der Waals surface area (Å²) in [5, 5.41) is 9.36. The Kier molecular flexibility index (Phi) is 3.16. The van der Waals surface area contributed by atoms with Gasteiger partial charge in [0.1, 0.15) is 0 Å². The maximum absolute atomic E-state index is 9.36. The maximum Gasteiger partial charge on any atom is 0.0691 e. The largest absolute Gasteiger partial charge is 0.392 e. The van der Waals surface area contributed by atoms with Gasteiger partial charge in [0, 0.05) is 6.04 Å². The number of rotatable bonds is 0. The molecule has 2 nitrogen and oxygen atoms in total. The van der Waals surface area contributed by atoms with Gasteiger partial charge in [-0.1, -0.05) is 25.7 Å². The van der Waals surface area contributed by atoms with Crippen LogP contribution in [-0.4, -0.2) is 17.3 Å². The third-order valence-corrected chi connectivity index (χ3v) is 2.28. The molecular weight excluding hydrogens is 126 g/mol. The minimum atomic E-state index is -0.236. The van der Waals surface area contributed by atoms with E-state index >= 15 is 0 Å². The van der Waals surface area contributed by atoms with Crippen molar-refractivity contribution in [3.05, 3.63) is 0 Å². The lowest BCUT2D eigenvalue weighted by atomic mass is 9.95. The summed E-state index contributed by atoms with van der Waals surface area (Å²) >= 11 is 0. The van der Waals surface area contributed by atoms with Gasteiger partial charge in [-0.2, -0.15) is 0 Å². The maximum atomic E-state index is 9.36. The number of hydrogen-bond acceptors (Lipinski definition) is 2. The first kappa shape index (κ1) is 8.02. The lowest BCUT2D eigenvalue weighted by molar-refractivity contribution is 0.121. The monoisotopic (exact) mass is 143 g/mol. The molecule has 0 aliphatic heterocycles. The standard InChI is InChI=1S/C8H17NO/c9-7-5-3-1-2-4-6-8(7)10/h7-8,10H,1-6,9H2/t7-,8-/m0/s1. The van der Waals surface area contributed by atoms with Crippen LogP contribution in [0.5, 0.6) is 0 Å². The van der Waals surface area contributed by atoms with E-state index < -0.39 is 0 Å². The van der Waals surface area contributed by atoms with Crippen LogP contribution in [0.4, 0.5) is 0 Å². The molecule has 0 amide bonds. The van der Waals surface area contributed by atoms with Crippen molar-refractivity contribution < 1.29 is 5.11 Å². The van der Waals surface area contributed by atoms with Crippen molar-refractivity contribution in [1.29, 1.82) is 0 Å². The zero-order valence-electron chi connectivity index (χ0n) is 6.42. The first-order valence-electron chi connectivity index (χ1n) is 4.24. The predicted octanol–water partition coefficient (Wildman–Crippen LogP) is 1.03. The molecule has 1 fully saturated rings. The Bertz CT molecular complexity index is 83.3. The second-order valence-corrected chi connectivity index (χ2v) is 3.22. The van der Waals surface area contributed by atoms with Crippen molar-refractivity contribution in [2.75, 3.05) is 0 Å². The fraction of sp³-hybridized carbons (Fsp3) is 1.00. The molecule has 1 saturated carbocycles. The van der Waals surface area contributed by atoms with Crippen LogP contribution in [0.25, 0.3) is 0 Å². The molecule has 60 valence electrons. The van der Waals surface area contributed by atoms with Crippen molar-refractivity contribution in [3.63, 3.8) is 0 Å². The van der Waals surface area contributed by atoms with Crippen LogP contribution in [0, 0.1) is 0 Å². The third-order valence-electron chi connectivity index (χ3n) is 2.28. The Balaban J connectivity index is 2.28. The second-order valence-electron chi connectivity index (χ2n) is 3.22. The Morgan fingerprint density at radius 2 is 1.60 bits per heavy atom. The van der Waals surface area contributed by atoms with E-state index in [2.05, 4.69) is 0 Å². The summed E-state index contributed by atoms with van der Waals surface area (Å²) in [5.41, 5.74) is 5.70. The van der Waals surface area contributed by atoms with Gasteiger partial charge < -0.3 is 10.8 Å². The van der Waals surface area contributed by atoms with Crippen LogP contribution in [-0.2, 0) is 0 Å². The van der Waals surface area contributed by atoms with Crippen LogP contribution >= 0.6 is 0 Å². The molecule has 0 saturated heterocycles. The lowest BCUT2D eigenvalue weighted by Crippen LogP contribution is -2.35. The molecule has 2 atom stereocenters. The summed E-state index contributed by atoms with van der Waals surface area (Å²) in [7, 11) is 0. The third kappa shape index (κ3) is 2.27. The topological polar surface area (TPSA) is 46.2 Å². The minimum absolute atomic E-state index is 0.0419. The van der Waals surface area contributed by atoms with Gasteiger partial charge in [-0.15, -0.1) is 0 Å². The summed E-state index contributed by atoms with van der Waals surface area (Å²) in [6.07, 6.45) is 6.57. The summed E-state index contributed by atoms with van der Waals surface area (Å²) < 4.78 is 0. The molecule has 10 heavy (non-hydrogen) atoms. The summed E-state index contributed by atoms with van der Waals surface area (Å²) in [6, 6.07) is 0.0419. The normalized spacial score (nSPS) is 36.6. The average Bonchev–Trinajstić information content (AvgIpc) is 1.92. The first-order chi connectivity index (χ1) is 4.80. The molecule has 1 aliphatic carbocycles. The minimum Gasteiger partial charge on any atom is -0.392 e. The molecule has 2 heteroatoms. The van der Waals surface area contributed by atoms with Crippen molar-refractivity contribution >= 4 is 0 Å². The molecule has 0 bridgehead atoms. The highest BCUT2D eigenvalue weighted by Crippen LogP contribution is 2.15. The number of aliphatic hydroxyl groups excluding tert-OH is 1. The molecule has 1 aliphatic rings. The van der Waals surface area contributed by atoms with Crippen molar-refractivity contribution in [1.82, 2.24) is 0 Å². The van der Waals surface area contributed by atoms with Gasteiger partial charge in [0.25, 0.3) is 0 Å². The summed E-state index contributed by atoms with van der Waals surface area (Å²) in [4.78, 5) is 0. The summed E-state index contributed by atoms with van der Waals surface area (Å²) in [5.74, 6) is 0.